The first-order chi connectivity index (χ1) is 5.42. The van der Waals surface area contributed by atoms with E-state index in [0.717, 1.165) is 0 Å². The van der Waals surface area contributed by atoms with E-state index in [1.807, 2.05) is 11.3 Å². The van der Waals surface area contributed by atoms with Gasteiger partial charge in [-0.1, -0.05) is 0 Å². The van der Waals surface area contributed by atoms with E-state index < -0.39 is 0 Å². The first-order valence-electron chi connectivity index (χ1n) is 4.15. The highest BCUT2D eigenvalue weighted by molar-refractivity contribution is 7.10. The van der Waals surface area contributed by atoms with Crippen LogP contribution in [0.5, 0.6) is 0 Å². The lowest BCUT2D eigenvalue weighted by molar-refractivity contribution is 0.502. The topological polar surface area (TPSA) is 12.0 Å². The zero-order chi connectivity index (χ0) is 7.68. The number of nitrogens with one attached hydrogen (secondary N) is 1. The summed E-state index contributed by atoms with van der Waals surface area (Å²) >= 11 is 1.90. The minimum Gasteiger partial charge on any atom is -0.313 e. The van der Waals surface area contributed by atoms with Crippen molar-refractivity contribution in [2.45, 2.75) is 25.3 Å². The molecule has 2 rings (SSSR count). The smallest absolute Gasteiger partial charge is 0.0328 e. The van der Waals surface area contributed by atoms with Crippen LogP contribution in [0.2, 0.25) is 0 Å². The summed E-state index contributed by atoms with van der Waals surface area (Å²) in [5.41, 5.74) is 1.55. The molecule has 0 fully saturated rings. The zero-order valence-corrected chi connectivity index (χ0v) is 7.58. The van der Waals surface area contributed by atoms with Gasteiger partial charge in [0.1, 0.15) is 0 Å². The molecule has 0 spiro atoms. The van der Waals surface area contributed by atoms with E-state index in [4.69, 9.17) is 0 Å². The van der Waals surface area contributed by atoms with Crippen molar-refractivity contribution in [2.75, 3.05) is 7.05 Å². The predicted octanol–water partition coefficient (Wildman–Crippen LogP) is 2.34. The van der Waals surface area contributed by atoms with Crippen molar-refractivity contribution in [1.82, 2.24) is 5.32 Å². The zero-order valence-electron chi connectivity index (χ0n) is 6.76. The van der Waals surface area contributed by atoms with E-state index in [1.165, 1.54) is 19.3 Å². The van der Waals surface area contributed by atoms with Gasteiger partial charge in [-0.3, -0.25) is 0 Å². The van der Waals surface area contributed by atoms with Gasteiger partial charge < -0.3 is 5.32 Å². The summed E-state index contributed by atoms with van der Waals surface area (Å²) in [4.78, 5) is 1.59. The molecule has 1 aromatic rings. The van der Waals surface area contributed by atoms with Crippen LogP contribution in [0.1, 0.15) is 29.3 Å². The van der Waals surface area contributed by atoms with Crippen LogP contribution in [0.3, 0.4) is 0 Å². The van der Waals surface area contributed by atoms with Gasteiger partial charge in [-0.15, -0.1) is 11.3 Å². The number of fused-ring (bicyclic) bond motifs is 1. The number of thiophene rings is 1. The van der Waals surface area contributed by atoms with Gasteiger partial charge in [0, 0.05) is 10.9 Å². The Morgan fingerprint density at radius 1 is 1.64 bits per heavy atom. The number of hydrogen-bond acceptors (Lipinski definition) is 2. The van der Waals surface area contributed by atoms with Gasteiger partial charge in [-0.2, -0.15) is 0 Å². The maximum absolute atomic E-state index is 3.35. The molecule has 11 heavy (non-hydrogen) atoms. The van der Waals surface area contributed by atoms with Crippen molar-refractivity contribution in [3.63, 3.8) is 0 Å². The van der Waals surface area contributed by atoms with Crippen molar-refractivity contribution in [3.8, 4) is 0 Å². The maximum Gasteiger partial charge on any atom is 0.0328 e. The molecule has 0 aromatic carbocycles. The average Bonchev–Trinajstić information content (AvgIpc) is 2.50. The van der Waals surface area contributed by atoms with E-state index >= 15 is 0 Å². The molecule has 0 radical (unpaired) electrons. The predicted molar refractivity (Wildman–Crippen MR) is 49.1 cm³/mol. The third-order valence-electron chi connectivity index (χ3n) is 2.40. The number of aryl methyl sites for hydroxylation is 1. The summed E-state index contributed by atoms with van der Waals surface area (Å²) in [6.45, 7) is 0. The Balaban J connectivity index is 2.32. The van der Waals surface area contributed by atoms with Gasteiger partial charge >= 0.3 is 0 Å². The Labute approximate surface area is 71.4 Å². The lowest BCUT2D eigenvalue weighted by atomic mass is 9.94. The molecular formula is C9H13NS. The first-order valence-corrected chi connectivity index (χ1v) is 5.03. The maximum atomic E-state index is 3.35. The summed E-state index contributed by atoms with van der Waals surface area (Å²) < 4.78 is 0. The molecule has 1 aliphatic rings. The van der Waals surface area contributed by atoms with Crippen LogP contribution in [0, 0.1) is 0 Å². The van der Waals surface area contributed by atoms with Crippen molar-refractivity contribution in [2.24, 2.45) is 0 Å². The highest BCUT2D eigenvalue weighted by Gasteiger charge is 2.18. The highest BCUT2D eigenvalue weighted by Crippen LogP contribution is 2.32. The molecule has 1 atom stereocenters. The van der Waals surface area contributed by atoms with Gasteiger partial charge in [-0.25, -0.2) is 0 Å². The quantitative estimate of drug-likeness (QED) is 0.677. The van der Waals surface area contributed by atoms with Crippen LogP contribution in [0.15, 0.2) is 11.4 Å². The largest absolute Gasteiger partial charge is 0.313 e. The molecule has 1 aromatic heterocycles. The number of hydrogen-bond donors (Lipinski definition) is 1. The summed E-state index contributed by atoms with van der Waals surface area (Å²) in [5.74, 6) is 0. The number of rotatable bonds is 1. The van der Waals surface area contributed by atoms with Crippen LogP contribution in [0.4, 0.5) is 0 Å². The molecule has 1 aliphatic carbocycles. The van der Waals surface area contributed by atoms with Crippen LogP contribution in [-0.4, -0.2) is 7.05 Å². The molecular weight excluding hydrogens is 154 g/mol. The van der Waals surface area contributed by atoms with Crippen LogP contribution < -0.4 is 5.32 Å². The van der Waals surface area contributed by atoms with Crippen molar-refractivity contribution in [3.05, 3.63) is 21.9 Å². The average molecular weight is 167 g/mol. The summed E-state index contributed by atoms with van der Waals surface area (Å²) in [6.07, 6.45) is 3.95. The third kappa shape index (κ3) is 1.21. The minimum atomic E-state index is 0.630. The summed E-state index contributed by atoms with van der Waals surface area (Å²) in [7, 11) is 2.05. The van der Waals surface area contributed by atoms with Crippen molar-refractivity contribution >= 4 is 11.3 Å². The standard InChI is InChI=1S/C9H13NS/c1-10-8-3-2-4-9-7(8)5-6-11-9/h5-6,8,10H,2-4H2,1H3. The second-order valence-electron chi connectivity index (χ2n) is 3.03. The highest BCUT2D eigenvalue weighted by atomic mass is 32.1. The Kier molecular flexibility index (Phi) is 1.96. The minimum absolute atomic E-state index is 0.630. The normalized spacial score (nSPS) is 23.2. The second-order valence-corrected chi connectivity index (χ2v) is 4.03. The van der Waals surface area contributed by atoms with Crippen LogP contribution in [0.25, 0.3) is 0 Å². The molecule has 0 bridgehead atoms. The van der Waals surface area contributed by atoms with E-state index in [9.17, 15) is 0 Å². The van der Waals surface area contributed by atoms with Gasteiger partial charge in [0.05, 0.1) is 0 Å². The summed E-state index contributed by atoms with van der Waals surface area (Å²) in [6, 6.07) is 2.89. The van der Waals surface area contributed by atoms with Crippen LogP contribution in [-0.2, 0) is 6.42 Å². The van der Waals surface area contributed by atoms with E-state index in [0.29, 0.717) is 6.04 Å². The molecule has 60 valence electrons. The van der Waals surface area contributed by atoms with Crippen molar-refractivity contribution < 1.29 is 0 Å². The lowest BCUT2D eigenvalue weighted by Crippen LogP contribution is -2.19. The van der Waals surface area contributed by atoms with Gasteiger partial charge in [0.15, 0.2) is 0 Å². The third-order valence-corrected chi connectivity index (χ3v) is 3.40. The fourth-order valence-corrected chi connectivity index (χ4v) is 2.77. The van der Waals surface area contributed by atoms with Crippen molar-refractivity contribution in [1.29, 1.82) is 0 Å². The van der Waals surface area contributed by atoms with E-state index in [-0.39, 0.29) is 0 Å². The second kappa shape index (κ2) is 2.95. The molecule has 1 unspecified atom stereocenters. The molecule has 1 heterocycles. The Hall–Kier alpha value is -0.340. The van der Waals surface area contributed by atoms with Gasteiger partial charge in [0.2, 0.25) is 0 Å². The molecule has 0 saturated heterocycles. The fraction of sp³-hybridized carbons (Fsp3) is 0.556. The summed E-state index contributed by atoms with van der Waals surface area (Å²) in [5, 5.41) is 5.56. The molecule has 0 aliphatic heterocycles. The molecule has 0 saturated carbocycles. The van der Waals surface area contributed by atoms with Gasteiger partial charge in [0.25, 0.3) is 0 Å². The Morgan fingerprint density at radius 2 is 2.55 bits per heavy atom. The molecule has 0 amide bonds. The Morgan fingerprint density at radius 3 is 3.36 bits per heavy atom. The molecule has 2 heteroatoms. The molecule has 1 nitrogen and oxygen atoms in total. The van der Waals surface area contributed by atoms with E-state index in [2.05, 4.69) is 23.8 Å². The van der Waals surface area contributed by atoms with E-state index in [1.54, 1.807) is 10.4 Å². The molecule has 1 N–H and O–H groups in total. The monoisotopic (exact) mass is 167 g/mol. The van der Waals surface area contributed by atoms with Crippen LogP contribution >= 0.6 is 11.3 Å². The fourth-order valence-electron chi connectivity index (χ4n) is 1.79. The van der Waals surface area contributed by atoms with Gasteiger partial charge in [-0.05, 0) is 43.3 Å². The first kappa shape index (κ1) is 7.32. The lowest BCUT2D eigenvalue weighted by Gasteiger charge is -2.21. The SMILES string of the molecule is CNC1CCCc2sccc21. The Bertz CT molecular complexity index is 241.